The number of ether oxygens (including phenoxy) is 2. The monoisotopic (exact) mass is 625 g/mol. The Kier molecular flexibility index (Phi) is 8.19. The first-order valence-corrected chi connectivity index (χ1v) is 13.6. The lowest BCUT2D eigenvalue weighted by molar-refractivity contribution is 0.239. The van der Waals surface area contributed by atoms with Crippen LogP contribution < -0.4 is 15.0 Å². The predicted molar refractivity (Wildman–Crippen MR) is 157 cm³/mol. The van der Waals surface area contributed by atoms with Crippen molar-refractivity contribution in [2.24, 2.45) is 5.10 Å². The van der Waals surface area contributed by atoms with Crippen molar-refractivity contribution in [3.05, 3.63) is 84.5 Å². The van der Waals surface area contributed by atoms with Crippen molar-refractivity contribution in [3.8, 4) is 22.9 Å². The SMILES string of the molecule is COc1cc(C)c(-c2nc3ccccc3c(=O)n2N=Cc2cc(Br)c(OC(C)C)c(Br)c2)cc1C(C)C. The molecule has 0 N–H and O–H groups in total. The molecule has 0 saturated heterocycles. The summed E-state index contributed by atoms with van der Waals surface area (Å²) in [6, 6.07) is 15.2. The zero-order valence-corrected chi connectivity index (χ0v) is 24.8. The first-order valence-electron chi connectivity index (χ1n) is 12.0. The second-order valence-corrected chi connectivity index (χ2v) is 11.1. The molecule has 8 heteroatoms. The summed E-state index contributed by atoms with van der Waals surface area (Å²) in [7, 11) is 1.67. The van der Waals surface area contributed by atoms with E-state index in [0.717, 1.165) is 36.9 Å². The third kappa shape index (κ3) is 5.65. The number of para-hydroxylation sites is 1. The molecule has 0 amide bonds. The zero-order valence-electron chi connectivity index (χ0n) is 21.7. The number of aromatic nitrogens is 2. The minimum Gasteiger partial charge on any atom is -0.496 e. The van der Waals surface area contributed by atoms with Gasteiger partial charge in [0, 0.05) is 5.56 Å². The smallest absolute Gasteiger partial charge is 0.282 e. The van der Waals surface area contributed by atoms with E-state index < -0.39 is 0 Å². The standard InChI is InChI=1S/C29H29Br2N3O3/c1-16(2)21-14-22(18(5)11-26(21)36-6)28-33-25-10-8-7-9-20(25)29(35)34(28)32-15-19-12-23(30)27(24(31)13-19)37-17(3)4/h7-17H,1-6H3. The van der Waals surface area contributed by atoms with E-state index in [4.69, 9.17) is 14.5 Å². The van der Waals surface area contributed by atoms with Gasteiger partial charge in [0.25, 0.3) is 5.56 Å². The van der Waals surface area contributed by atoms with Crippen molar-refractivity contribution in [2.45, 2.75) is 46.6 Å². The lowest BCUT2D eigenvalue weighted by Crippen LogP contribution is -2.20. The number of fused-ring (bicyclic) bond motifs is 1. The van der Waals surface area contributed by atoms with E-state index in [9.17, 15) is 4.79 Å². The Bertz CT molecular complexity index is 1540. The molecule has 192 valence electrons. The van der Waals surface area contributed by atoms with Crippen LogP contribution in [-0.4, -0.2) is 29.1 Å². The number of hydrogen-bond donors (Lipinski definition) is 0. The highest BCUT2D eigenvalue weighted by atomic mass is 79.9. The van der Waals surface area contributed by atoms with Crippen molar-refractivity contribution < 1.29 is 9.47 Å². The summed E-state index contributed by atoms with van der Waals surface area (Å²) < 4.78 is 14.5. The van der Waals surface area contributed by atoms with Crippen molar-refractivity contribution >= 4 is 49.0 Å². The van der Waals surface area contributed by atoms with Crippen LogP contribution in [0.15, 0.2) is 67.4 Å². The van der Waals surface area contributed by atoms with Gasteiger partial charge >= 0.3 is 0 Å². The molecule has 1 aromatic heterocycles. The Labute approximate surface area is 233 Å². The van der Waals surface area contributed by atoms with Crippen LogP contribution in [0, 0.1) is 6.92 Å². The largest absolute Gasteiger partial charge is 0.496 e. The van der Waals surface area contributed by atoms with Gasteiger partial charge in [0.1, 0.15) is 11.5 Å². The summed E-state index contributed by atoms with van der Waals surface area (Å²) in [5.74, 6) is 2.22. The van der Waals surface area contributed by atoms with Gasteiger partial charge in [-0.05, 0) is 112 Å². The van der Waals surface area contributed by atoms with E-state index in [1.54, 1.807) is 19.4 Å². The number of halogens is 2. The van der Waals surface area contributed by atoms with Crippen molar-refractivity contribution in [1.29, 1.82) is 0 Å². The summed E-state index contributed by atoms with van der Waals surface area (Å²) in [6.45, 7) is 10.2. The maximum atomic E-state index is 13.7. The van der Waals surface area contributed by atoms with Gasteiger partial charge in [-0.2, -0.15) is 9.78 Å². The van der Waals surface area contributed by atoms with Crippen LogP contribution in [0.3, 0.4) is 0 Å². The van der Waals surface area contributed by atoms with E-state index in [1.165, 1.54) is 4.68 Å². The maximum Gasteiger partial charge on any atom is 0.282 e. The molecule has 0 aliphatic carbocycles. The molecule has 4 aromatic rings. The van der Waals surface area contributed by atoms with E-state index in [2.05, 4.69) is 50.8 Å². The minimum absolute atomic E-state index is 0.0281. The van der Waals surface area contributed by atoms with E-state index in [-0.39, 0.29) is 17.6 Å². The molecular formula is C29H29Br2N3O3. The van der Waals surface area contributed by atoms with Crippen molar-refractivity contribution in [3.63, 3.8) is 0 Å². The van der Waals surface area contributed by atoms with Crippen LogP contribution >= 0.6 is 31.9 Å². The van der Waals surface area contributed by atoms with Crippen LogP contribution in [-0.2, 0) is 0 Å². The van der Waals surface area contributed by atoms with Crippen LogP contribution in [0.25, 0.3) is 22.3 Å². The maximum absolute atomic E-state index is 13.7. The Morgan fingerprint density at radius 2 is 1.70 bits per heavy atom. The van der Waals surface area contributed by atoms with Gasteiger partial charge in [0.15, 0.2) is 5.82 Å². The third-order valence-corrected chi connectivity index (χ3v) is 7.07. The lowest BCUT2D eigenvalue weighted by Gasteiger charge is -2.17. The fourth-order valence-corrected chi connectivity index (χ4v) is 5.51. The van der Waals surface area contributed by atoms with Gasteiger partial charge in [-0.3, -0.25) is 4.79 Å². The first-order chi connectivity index (χ1) is 17.6. The second-order valence-electron chi connectivity index (χ2n) is 9.36. The number of aryl methyl sites for hydroxylation is 1. The molecule has 4 rings (SSSR count). The third-order valence-electron chi connectivity index (χ3n) is 5.89. The quantitative estimate of drug-likeness (QED) is 0.197. The van der Waals surface area contributed by atoms with E-state index >= 15 is 0 Å². The van der Waals surface area contributed by atoms with Crippen molar-refractivity contribution in [2.75, 3.05) is 7.11 Å². The predicted octanol–water partition coefficient (Wildman–Crippen LogP) is 7.70. The average molecular weight is 627 g/mol. The molecule has 0 fully saturated rings. The van der Waals surface area contributed by atoms with Gasteiger partial charge in [0.2, 0.25) is 0 Å². The van der Waals surface area contributed by atoms with E-state index in [1.807, 2.05) is 63.2 Å². The van der Waals surface area contributed by atoms with Crippen LogP contribution in [0.5, 0.6) is 11.5 Å². The Morgan fingerprint density at radius 3 is 2.32 bits per heavy atom. The molecule has 0 bridgehead atoms. The fourth-order valence-electron chi connectivity index (χ4n) is 4.10. The molecular weight excluding hydrogens is 598 g/mol. The molecule has 3 aromatic carbocycles. The molecule has 0 aliphatic rings. The van der Waals surface area contributed by atoms with Crippen LogP contribution in [0.2, 0.25) is 0 Å². The number of nitrogens with zero attached hydrogens (tertiary/aromatic N) is 3. The zero-order chi connectivity index (χ0) is 26.9. The molecule has 6 nitrogen and oxygen atoms in total. The summed E-state index contributed by atoms with van der Waals surface area (Å²) in [4.78, 5) is 18.5. The number of benzene rings is 3. The van der Waals surface area contributed by atoms with Gasteiger partial charge in [-0.1, -0.05) is 26.0 Å². The summed E-state index contributed by atoms with van der Waals surface area (Å²) in [5, 5.41) is 5.14. The Morgan fingerprint density at radius 1 is 1.03 bits per heavy atom. The number of hydrogen-bond acceptors (Lipinski definition) is 5. The Balaban J connectivity index is 1.92. The molecule has 0 unspecified atom stereocenters. The van der Waals surface area contributed by atoms with Gasteiger partial charge in [-0.25, -0.2) is 4.98 Å². The average Bonchev–Trinajstić information content (AvgIpc) is 2.85. The molecule has 0 spiro atoms. The number of rotatable bonds is 7. The van der Waals surface area contributed by atoms with Crippen LogP contribution in [0.1, 0.15) is 50.3 Å². The fraction of sp³-hybridized carbons (Fsp3) is 0.276. The molecule has 1 heterocycles. The summed E-state index contributed by atoms with van der Waals surface area (Å²) in [6.07, 6.45) is 1.68. The molecule has 37 heavy (non-hydrogen) atoms. The second kappa shape index (κ2) is 11.2. The molecule has 0 radical (unpaired) electrons. The summed E-state index contributed by atoms with van der Waals surface area (Å²) in [5.41, 5.74) is 3.97. The van der Waals surface area contributed by atoms with Gasteiger partial charge < -0.3 is 9.47 Å². The summed E-state index contributed by atoms with van der Waals surface area (Å²) >= 11 is 7.17. The van der Waals surface area contributed by atoms with Gasteiger partial charge in [0.05, 0.1) is 39.3 Å². The normalized spacial score (nSPS) is 11.7. The van der Waals surface area contributed by atoms with Crippen LogP contribution in [0.4, 0.5) is 0 Å². The van der Waals surface area contributed by atoms with E-state index in [0.29, 0.717) is 22.5 Å². The topological polar surface area (TPSA) is 65.7 Å². The van der Waals surface area contributed by atoms with Crippen molar-refractivity contribution in [1.82, 2.24) is 9.66 Å². The minimum atomic E-state index is -0.240. The highest BCUT2D eigenvalue weighted by Gasteiger charge is 2.18. The lowest BCUT2D eigenvalue weighted by atomic mass is 9.96. The number of methoxy groups -OCH3 is 1. The Hall–Kier alpha value is -2.97. The molecule has 0 atom stereocenters. The highest BCUT2D eigenvalue weighted by Crippen LogP contribution is 2.36. The molecule has 0 saturated carbocycles. The van der Waals surface area contributed by atoms with Gasteiger partial charge in [-0.15, -0.1) is 0 Å². The highest BCUT2D eigenvalue weighted by molar-refractivity contribution is 9.11. The first kappa shape index (κ1) is 27.1. The molecule has 0 aliphatic heterocycles.